The first-order valence-electron chi connectivity index (χ1n) is 5.55. The normalized spacial score (nSPS) is 10.3. The Labute approximate surface area is 98.3 Å². The second-order valence-corrected chi connectivity index (χ2v) is 4.33. The predicted molar refractivity (Wildman–Crippen MR) is 69.1 cm³/mol. The minimum atomic E-state index is 0.816. The Bertz CT molecular complexity index is 297. The third kappa shape index (κ3) is 4.61. The van der Waals surface area contributed by atoms with Crippen molar-refractivity contribution in [2.75, 3.05) is 12.4 Å². The molecule has 0 aliphatic carbocycles. The molecule has 0 saturated carbocycles. The van der Waals surface area contributed by atoms with E-state index in [0.717, 1.165) is 24.5 Å². The van der Waals surface area contributed by atoms with Crippen molar-refractivity contribution in [2.24, 2.45) is 0 Å². The molecule has 0 fully saturated rings. The molecule has 0 bridgehead atoms. The molecule has 15 heavy (non-hydrogen) atoms. The number of aryl methyl sites for hydroxylation is 2. The van der Waals surface area contributed by atoms with Gasteiger partial charge in [-0.1, -0.05) is 6.07 Å². The van der Waals surface area contributed by atoms with Gasteiger partial charge in [0.25, 0.3) is 0 Å². The molecule has 1 aromatic rings. The Morgan fingerprint density at radius 2 is 1.87 bits per heavy atom. The molecule has 2 heteroatoms. The van der Waals surface area contributed by atoms with E-state index in [2.05, 4.69) is 38.6 Å². The Hall–Kier alpha value is -0.630. The first-order valence-corrected chi connectivity index (χ1v) is 6.18. The maximum absolute atomic E-state index is 5.66. The lowest BCUT2D eigenvalue weighted by molar-refractivity contribution is 0.306. The number of benzene rings is 1. The van der Waals surface area contributed by atoms with Crippen molar-refractivity contribution in [3.63, 3.8) is 0 Å². The number of hydrogen-bond acceptors (Lipinski definition) is 2. The summed E-state index contributed by atoms with van der Waals surface area (Å²) in [7, 11) is 0. The van der Waals surface area contributed by atoms with Gasteiger partial charge in [0, 0.05) is 0 Å². The van der Waals surface area contributed by atoms with E-state index < -0.39 is 0 Å². The summed E-state index contributed by atoms with van der Waals surface area (Å²) in [6.07, 6.45) is 3.50. The molecule has 1 nitrogen and oxygen atoms in total. The van der Waals surface area contributed by atoms with E-state index in [9.17, 15) is 0 Å². The summed E-state index contributed by atoms with van der Waals surface area (Å²) < 4.78 is 5.66. The second kappa shape index (κ2) is 6.78. The van der Waals surface area contributed by atoms with Gasteiger partial charge in [-0.15, -0.1) is 0 Å². The summed E-state index contributed by atoms with van der Waals surface area (Å²) in [4.78, 5) is 0. The molecule has 84 valence electrons. The smallest absolute Gasteiger partial charge is 0.119 e. The van der Waals surface area contributed by atoms with Gasteiger partial charge in [0.15, 0.2) is 0 Å². The minimum Gasteiger partial charge on any atom is -0.494 e. The maximum Gasteiger partial charge on any atom is 0.119 e. The Kier molecular flexibility index (Phi) is 5.62. The monoisotopic (exact) mass is 224 g/mol. The molecule has 0 amide bonds. The zero-order valence-electron chi connectivity index (χ0n) is 9.62. The van der Waals surface area contributed by atoms with Crippen LogP contribution in [0.1, 0.15) is 30.4 Å². The molecule has 0 atom stereocenters. The quantitative estimate of drug-likeness (QED) is 0.571. The van der Waals surface area contributed by atoms with E-state index in [0.29, 0.717) is 0 Å². The van der Waals surface area contributed by atoms with Crippen LogP contribution in [-0.2, 0) is 0 Å². The predicted octanol–water partition coefficient (Wildman–Crippen LogP) is 3.78. The van der Waals surface area contributed by atoms with Crippen LogP contribution in [0.2, 0.25) is 0 Å². The molecule has 0 radical (unpaired) electrons. The van der Waals surface area contributed by atoms with Gasteiger partial charge in [0.05, 0.1) is 6.61 Å². The van der Waals surface area contributed by atoms with Gasteiger partial charge in [-0.25, -0.2) is 0 Å². The highest BCUT2D eigenvalue weighted by Gasteiger charge is 1.96. The third-order valence-corrected chi connectivity index (χ3v) is 2.87. The van der Waals surface area contributed by atoms with E-state index in [-0.39, 0.29) is 0 Å². The fraction of sp³-hybridized carbons (Fsp3) is 0.538. The average Bonchev–Trinajstić information content (AvgIpc) is 2.23. The van der Waals surface area contributed by atoms with Gasteiger partial charge >= 0.3 is 0 Å². The SMILES string of the molecule is Cc1ccc(OCCCCCS)cc1C. The van der Waals surface area contributed by atoms with E-state index in [4.69, 9.17) is 4.74 Å². The average molecular weight is 224 g/mol. The molecular formula is C13H20OS. The van der Waals surface area contributed by atoms with Gasteiger partial charge in [0.2, 0.25) is 0 Å². The van der Waals surface area contributed by atoms with Gasteiger partial charge in [-0.05, 0) is 62.1 Å². The first kappa shape index (κ1) is 12.4. The molecule has 0 aromatic heterocycles. The van der Waals surface area contributed by atoms with Crippen LogP contribution in [0, 0.1) is 13.8 Å². The van der Waals surface area contributed by atoms with Crippen LogP contribution in [0.4, 0.5) is 0 Å². The van der Waals surface area contributed by atoms with Crippen molar-refractivity contribution in [1.82, 2.24) is 0 Å². The van der Waals surface area contributed by atoms with E-state index in [1.807, 2.05) is 6.07 Å². The molecule has 0 heterocycles. The highest BCUT2D eigenvalue weighted by molar-refractivity contribution is 7.80. The summed E-state index contributed by atoms with van der Waals surface area (Å²) in [5.74, 6) is 1.97. The molecular weight excluding hydrogens is 204 g/mol. The van der Waals surface area contributed by atoms with Crippen LogP contribution in [0.5, 0.6) is 5.75 Å². The molecule has 1 aromatic carbocycles. The largest absolute Gasteiger partial charge is 0.494 e. The van der Waals surface area contributed by atoms with Crippen molar-refractivity contribution in [1.29, 1.82) is 0 Å². The van der Waals surface area contributed by atoms with Crippen LogP contribution in [-0.4, -0.2) is 12.4 Å². The molecule has 0 aliphatic heterocycles. The lowest BCUT2D eigenvalue weighted by Gasteiger charge is -2.07. The zero-order valence-corrected chi connectivity index (χ0v) is 10.5. The summed E-state index contributed by atoms with van der Waals surface area (Å²) in [6.45, 7) is 5.05. The molecule has 0 saturated heterocycles. The van der Waals surface area contributed by atoms with Crippen molar-refractivity contribution < 1.29 is 4.74 Å². The molecule has 0 spiro atoms. The van der Waals surface area contributed by atoms with Crippen LogP contribution in [0.25, 0.3) is 0 Å². The van der Waals surface area contributed by atoms with Crippen molar-refractivity contribution in [3.8, 4) is 5.75 Å². The summed E-state index contributed by atoms with van der Waals surface area (Å²) in [6, 6.07) is 6.26. The van der Waals surface area contributed by atoms with Gasteiger partial charge in [-0.2, -0.15) is 12.6 Å². The highest BCUT2D eigenvalue weighted by atomic mass is 32.1. The van der Waals surface area contributed by atoms with Crippen molar-refractivity contribution in [3.05, 3.63) is 29.3 Å². The third-order valence-electron chi connectivity index (χ3n) is 2.55. The van der Waals surface area contributed by atoms with E-state index >= 15 is 0 Å². The Morgan fingerprint density at radius 3 is 2.53 bits per heavy atom. The van der Waals surface area contributed by atoms with Crippen LogP contribution in [0.15, 0.2) is 18.2 Å². The standard InChI is InChI=1S/C13H20OS/c1-11-6-7-13(10-12(11)2)14-8-4-3-5-9-15/h6-7,10,15H,3-5,8-9H2,1-2H3. The number of thiol groups is 1. The van der Waals surface area contributed by atoms with Crippen LogP contribution < -0.4 is 4.74 Å². The lowest BCUT2D eigenvalue weighted by Crippen LogP contribution is -1.98. The summed E-state index contributed by atoms with van der Waals surface area (Å²) >= 11 is 4.18. The maximum atomic E-state index is 5.66. The number of rotatable bonds is 6. The summed E-state index contributed by atoms with van der Waals surface area (Å²) in [5, 5.41) is 0. The first-order chi connectivity index (χ1) is 7.24. The van der Waals surface area contributed by atoms with Crippen molar-refractivity contribution >= 4 is 12.6 Å². The van der Waals surface area contributed by atoms with Crippen molar-refractivity contribution in [2.45, 2.75) is 33.1 Å². The minimum absolute atomic E-state index is 0.816. The number of hydrogen-bond donors (Lipinski definition) is 1. The van der Waals surface area contributed by atoms with Crippen LogP contribution >= 0.6 is 12.6 Å². The highest BCUT2D eigenvalue weighted by Crippen LogP contribution is 2.16. The van der Waals surface area contributed by atoms with E-state index in [1.165, 1.54) is 24.0 Å². The Balaban J connectivity index is 2.28. The second-order valence-electron chi connectivity index (χ2n) is 3.88. The molecule has 0 aliphatic rings. The summed E-state index contributed by atoms with van der Waals surface area (Å²) in [5.41, 5.74) is 2.61. The van der Waals surface area contributed by atoms with Gasteiger partial charge in [-0.3, -0.25) is 0 Å². The van der Waals surface area contributed by atoms with Gasteiger partial charge in [0.1, 0.15) is 5.75 Å². The lowest BCUT2D eigenvalue weighted by atomic mass is 10.1. The van der Waals surface area contributed by atoms with Crippen LogP contribution in [0.3, 0.4) is 0 Å². The topological polar surface area (TPSA) is 9.23 Å². The fourth-order valence-corrected chi connectivity index (χ4v) is 1.61. The molecule has 1 rings (SSSR count). The zero-order chi connectivity index (χ0) is 11.1. The Morgan fingerprint density at radius 1 is 1.07 bits per heavy atom. The fourth-order valence-electron chi connectivity index (χ4n) is 1.38. The van der Waals surface area contributed by atoms with Gasteiger partial charge < -0.3 is 4.74 Å². The number of ether oxygens (including phenoxy) is 1. The number of unbranched alkanes of at least 4 members (excludes halogenated alkanes) is 2. The molecule has 0 unspecified atom stereocenters. The molecule has 0 N–H and O–H groups in total. The van der Waals surface area contributed by atoms with E-state index in [1.54, 1.807) is 0 Å².